The highest BCUT2D eigenvalue weighted by molar-refractivity contribution is 7.80. The van der Waals surface area contributed by atoms with Crippen LogP contribution in [0.1, 0.15) is 25.7 Å². The van der Waals surface area contributed by atoms with Gasteiger partial charge in [0.15, 0.2) is 5.11 Å². The summed E-state index contributed by atoms with van der Waals surface area (Å²) in [4.78, 5) is 4.62. The quantitative estimate of drug-likeness (QED) is 0.821. The number of hydrogen-bond donors (Lipinski definition) is 2. The van der Waals surface area contributed by atoms with Gasteiger partial charge in [0.05, 0.1) is 0 Å². The van der Waals surface area contributed by atoms with E-state index < -0.39 is 0 Å². The number of anilines is 1. The van der Waals surface area contributed by atoms with Gasteiger partial charge in [0, 0.05) is 37.9 Å². The van der Waals surface area contributed by atoms with E-state index >= 15 is 0 Å². The van der Waals surface area contributed by atoms with Crippen molar-refractivity contribution in [1.82, 2.24) is 10.2 Å². The van der Waals surface area contributed by atoms with Crippen LogP contribution in [0.15, 0.2) is 24.3 Å². The van der Waals surface area contributed by atoms with E-state index in [0.29, 0.717) is 11.8 Å². The number of hydrogen-bond acceptors (Lipinski definition) is 3. The zero-order valence-corrected chi connectivity index (χ0v) is 13.1. The maximum absolute atomic E-state index is 9.35. The molecule has 0 unspecified atom stereocenters. The van der Waals surface area contributed by atoms with Crippen molar-refractivity contribution in [3.05, 3.63) is 24.3 Å². The van der Waals surface area contributed by atoms with Gasteiger partial charge in [-0.1, -0.05) is 12.8 Å². The van der Waals surface area contributed by atoms with Crippen LogP contribution in [0.2, 0.25) is 0 Å². The maximum Gasteiger partial charge on any atom is 0.169 e. The SMILES string of the molecule is Oc1ccc(N2CCN(C(=S)NC3CCCC3)CC2)cc1. The first-order chi connectivity index (χ1) is 10.2. The summed E-state index contributed by atoms with van der Waals surface area (Å²) >= 11 is 5.55. The summed E-state index contributed by atoms with van der Waals surface area (Å²) in [5.41, 5.74) is 1.17. The zero-order valence-electron chi connectivity index (χ0n) is 12.3. The molecular weight excluding hydrogens is 282 g/mol. The fourth-order valence-corrected chi connectivity index (χ4v) is 3.52. The van der Waals surface area contributed by atoms with E-state index in [1.54, 1.807) is 12.1 Å². The number of benzene rings is 1. The van der Waals surface area contributed by atoms with E-state index in [2.05, 4.69) is 15.1 Å². The lowest BCUT2D eigenvalue weighted by molar-refractivity contribution is 0.374. The van der Waals surface area contributed by atoms with Gasteiger partial charge in [-0.05, 0) is 49.3 Å². The number of thiocarbonyl (C=S) groups is 1. The minimum Gasteiger partial charge on any atom is -0.508 e. The van der Waals surface area contributed by atoms with E-state index in [9.17, 15) is 5.11 Å². The van der Waals surface area contributed by atoms with Gasteiger partial charge >= 0.3 is 0 Å². The van der Waals surface area contributed by atoms with Gasteiger partial charge in [-0.3, -0.25) is 0 Å². The summed E-state index contributed by atoms with van der Waals surface area (Å²) in [6.45, 7) is 3.85. The van der Waals surface area contributed by atoms with Crippen molar-refractivity contribution in [2.24, 2.45) is 0 Å². The molecule has 1 aromatic carbocycles. The van der Waals surface area contributed by atoms with Gasteiger partial charge in [0.2, 0.25) is 0 Å². The van der Waals surface area contributed by atoms with Crippen LogP contribution in [0, 0.1) is 0 Å². The van der Waals surface area contributed by atoms with Crippen LogP contribution in [-0.2, 0) is 0 Å². The molecule has 2 N–H and O–H groups in total. The summed E-state index contributed by atoms with van der Waals surface area (Å²) in [5.74, 6) is 0.319. The third kappa shape index (κ3) is 3.59. The summed E-state index contributed by atoms with van der Waals surface area (Å²) in [7, 11) is 0. The Labute approximate surface area is 131 Å². The van der Waals surface area contributed by atoms with Gasteiger partial charge in [-0.2, -0.15) is 0 Å². The Balaban J connectivity index is 1.50. The average Bonchev–Trinajstić information content (AvgIpc) is 3.01. The standard InChI is InChI=1S/C16H23N3OS/c20-15-7-5-14(6-8-15)18-9-11-19(12-10-18)16(21)17-13-3-1-2-4-13/h5-8,13,20H,1-4,9-12H2,(H,17,21). The lowest BCUT2D eigenvalue weighted by Crippen LogP contribution is -2.53. The summed E-state index contributed by atoms with van der Waals surface area (Å²) in [5, 5.41) is 13.8. The molecule has 2 fully saturated rings. The topological polar surface area (TPSA) is 38.7 Å². The number of aromatic hydroxyl groups is 1. The van der Waals surface area contributed by atoms with Crippen molar-refractivity contribution in [2.45, 2.75) is 31.7 Å². The van der Waals surface area contributed by atoms with Crippen molar-refractivity contribution in [1.29, 1.82) is 0 Å². The Morgan fingerprint density at radius 3 is 2.29 bits per heavy atom. The highest BCUT2D eigenvalue weighted by Crippen LogP contribution is 2.21. The lowest BCUT2D eigenvalue weighted by Gasteiger charge is -2.38. The number of nitrogens with one attached hydrogen (secondary N) is 1. The van der Waals surface area contributed by atoms with Crippen molar-refractivity contribution in [3.63, 3.8) is 0 Å². The molecule has 1 heterocycles. The second-order valence-electron chi connectivity index (χ2n) is 5.92. The van der Waals surface area contributed by atoms with Crippen LogP contribution in [0.25, 0.3) is 0 Å². The first-order valence-corrected chi connectivity index (χ1v) is 8.22. The molecule has 1 saturated heterocycles. The second-order valence-corrected chi connectivity index (χ2v) is 6.31. The van der Waals surface area contributed by atoms with Gasteiger partial charge in [0.25, 0.3) is 0 Å². The third-order valence-corrected chi connectivity index (χ3v) is 4.84. The Morgan fingerprint density at radius 2 is 1.67 bits per heavy atom. The smallest absolute Gasteiger partial charge is 0.169 e. The first-order valence-electron chi connectivity index (χ1n) is 7.82. The molecule has 1 saturated carbocycles. The number of rotatable bonds is 2. The second kappa shape index (κ2) is 6.52. The maximum atomic E-state index is 9.35. The van der Waals surface area contributed by atoms with E-state index in [4.69, 9.17) is 12.2 Å². The van der Waals surface area contributed by atoms with Crippen LogP contribution in [-0.4, -0.2) is 47.3 Å². The van der Waals surface area contributed by atoms with Crippen molar-refractivity contribution in [2.75, 3.05) is 31.1 Å². The molecule has 21 heavy (non-hydrogen) atoms. The molecule has 2 aliphatic rings. The Kier molecular flexibility index (Phi) is 4.48. The van der Waals surface area contributed by atoms with E-state index in [0.717, 1.165) is 31.3 Å². The summed E-state index contributed by atoms with van der Waals surface area (Å²) in [6, 6.07) is 8.02. The minimum atomic E-state index is 0.319. The largest absolute Gasteiger partial charge is 0.508 e. The Bertz CT molecular complexity index is 477. The molecule has 1 aromatic rings. The van der Waals surface area contributed by atoms with Gasteiger partial charge in [0.1, 0.15) is 5.75 Å². The van der Waals surface area contributed by atoms with Crippen molar-refractivity contribution < 1.29 is 5.11 Å². The number of phenols is 1. The normalized spacial score (nSPS) is 19.8. The van der Waals surface area contributed by atoms with Gasteiger partial charge < -0.3 is 20.2 Å². The Morgan fingerprint density at radius 1 is 1.05 bits per heavy atom. The van der Waals surface area contributed by atoms with Crippen molar-refractivity contribution in [3.8, 4) is 5.75 Å². The van der Waals surface area contributed by atoms with Crippen LogP contribution in [0.4, 0.5) is 5.69 Å². The zero-order chi connectivity index (χ0) is 14.7. The molecule has 114 valence electrons. The predicted octanol–water partition coefficient (Wildman–Crippen LogP) is 2.33. The van der Waals surface area contributed by atoms with Gasteiger partial charge in [-0.25, -0.2) is 0 Å². The fraction of sp³-hybridized carbons (Fsp3) is 0.562. The molecule has 4 nitrogen and oxygen atoms in total. The summed E-state index contributed by atoms with van der Waals surface area (Å²) < 4.78 is 0. The van der Waals surface area contributed by atoms with E-state index in [1.165, 1.54) is 31.4 Å². The number of phenolic OH excluding ortho intramolecular Hbond substituents is 1. The lowest BCUT2D eigenvalue weighted by atomic mass is 10.2. The molecule has 0 amide bonds. The molecule has 0 radical (unpaired) electrons. The predicted molar refractivity (Wildman–Crippen MR) is 89.9 cm³/mol. The van der Waals surface area contributed by atoms with Gasteiger partial charge in [-0.15, -0.1) is 0 Å². The van der Waals surface area contributed by atoms with E-state index in [1.807, 2.05) is 12.1 Å². The number of nitrogens with zero attached hydrogens (tertiary/aromatic N) is 2. The molecule has 0 bridgehead atoms. The van der Waals surface area contributed by atoms with Crippen LogP contribution in [0.5, 0.6) is 5.75 Å². The molecule has 0 spiro atoms. The molecule has 5 heteroatoms. The monoisotopic (exact) mass is 305 g/mol. The third-order valence-electron chi connectivity index (χ3n) is 4.46. The number of piperazine rings is 1. The molecule has 3 rings (SSSR count). The molecule has 0 atom stereocenters. The highest BCUT2D eigenvalue weighted by atomic mass is 32.1. The molecule has 0 aromatic heterocycles. The molecular formula is C16H23N3OS. The molecule has 1 aliphatic heterocycles. The first kappa shape index (κ1) is 14.4. The highest BCUT2D eigenvalue weighted by Gasteiger charge is 2.22. The molecule has 1 aliphatic carbocycles. The average molecular weight is 305 g/mol. The van der Waals surface area contributed by atoms with E-state index in [-0.39, 0.29) is 0 Å². The van der Waals surface area contributed by atoms with Crippen LogP contribution in [0.3, 0.4) is 0 Å². The Hall–Kier alpha value is -1.49. The summed E-state index contributed by atoms with van der Waals surface area (Å²) in [6.07, 6.45) is 5.17. The van der Waals surface area contributed by atoms with Crippen molar-refractivity contribution >= 4 is 23.0 Å². The fourth-order valence-electron chi connectivity index (χ4n) is 3.17. The minimum absolute atomic E-state index is 0.319. The van der Waals surface area contributed by atoms with Crippen LogP contribution < -0.4 is 10.2 Å². The van der Waals surface area contributed by atoms with Crippen LogP contribution >= 0.6 is 12.2 Å².